The fraction of sp³-hybridized carbons (Fsp3) is 1.00. The van der Waals surface area contributed by atoms with Crippen LogP contribution in [0, 0.1) is 0 Å². The van der Waals surface area contributed by atoms with Crippen LogP contribution in [0.5, 0.6) is 0 Å². The summed E-state index contributed by atoms with van der Waals surface area (Å²) < 4.78 is 12.4. The van der Waals surface area contributed by atoms with E-state index in [2.05, 4.69) is 13.8 Å². The van der Waals surface area contributed by atoms with Crippen molar-refractivity contribution in [3.8, 4) is 0 Å². The molecule has 0 spiro atoms. The fourth-order valence-corrected chi connectivity index (χ4v) is 1.59. The van der Waals surface area contributed by atoms with Gasteiger partial charge in [0.1, 0.15) is 0 Å². The van der Waals surface area contributed by atoms with Crippen molar-refractivity contribution in [1.82, 2.24) is 4.67 Å². The third-order valence-corrected chi connectivity index (χ3v) is 2.67. The molecule has 0 amide bonds. The second-order valence-electron chi connectivity index (χ2n) is 2.91. The molecular weight excluding hydrogens is 185 g/mol. The summed E-state index contributed by atoms with van der Waals surface area (Å²) in [5.74, 6) is 0. The molecule has 0 aliphatic carbocycles. The van der Waals surface area contributed by atoms with E-state index in [9.17, 15) is 4.57 Å². The van der Waals surface area contributed by atoms with Crippen molar-refractivity contribution in [2.24, 2.45) is 0 Å². The summed E-state index contributed by atoms with van der Waals surface area (Å²) in [5, 5.41) is 0. The molecule has 0 aliphatic heterocycles. The summed E-state index contributed by atoms with van der Waals surface area (Å²) in [5.41, 5.74) is 0. The second-order valence-corrected chi connectivity index (χ2v) is 3.98. The average molecular weight is 208 g/mol. The Morgan fingerprint density at radius 2 is 1.54 bits per heavy atom. The highest BCUT2D eigenvalue weighted by Gasteiger charge is 2.23. The van der Waals surface area contributed by atoms with Gasteiger partial charge in [-0.2, -0.15) is 0 Å². The van der Waals surface area contributed by atoms with E-state index in [-0.39, 0.29) is 7.43 Å². The Morgan fingerprint density at radius 3 is 1.77 bits per heavy atom. The molecule has 0 saturated heterocycles. The quantitative estimate of drug-likeness (QED) is 0.653. The van der Waals surface area contributed by atoms with Gasteiger partial charge >= 0.3 is 8.18 Å². The van der Waals surface area contributed by atoms with Crippen molar-refractivity contribution in [1.29, 1.82) is 0 Å². The maximum absolute atomic E-state index is 10.8. The third kappa shape index (κ3) is 8.35. The van der Waals surface area contributed by atoms with Gasteiger partial charge < -0.3 is 0 Å². The molecule has 0 heterocycles. The number of hydrogen-bond donors (Lipinski definition) is 1. The molecule has 0 aromatic carbocycles. The van der Waals surface area contributed by atoms with Crippen molar-refractivity contribution in [2.75, 3.05) is 13.1 Å². The summed E-state index contributed by atoms with van der Waals surface area (Å²) >= 11 is 0. The minimum absolute atomic E-state index is 0. The lowest BCUT2D eigenvalue weighted by Crippen LogP contribution is -2.17. The number of nitrogens with zero attached hydrogens (tertiary/aromatic N) is 1. The van der Waals surface area contributed by atoms with Gasteiger partial charge in [-0.15, -0.1) is 4.89 Å². The van der Waals surface area contributed by atoms with Crippen molar-refractivity contribution in [3.63, 3.8) is 0 Å². The molecule has 0 aliphatic rings. The summed E-state index contributed by atoms with van der Waals surface area (Å²) in [6.07, 6.45) is 4.16. The van der Waals surface area contributed by atoms with Gasteiger partial charge in [-0.05, 0) is 17.4 Å². The second kappa shape index (κ2) is 10.1. The van der Waals surface area contributed by atoms with Crippen LogP contribution in [0.15, 0.2) is 0 Å². The molecule has 0 fully saturated rings. The number of hydrogen-bond acceptors (Lipinski definition) is 1. The van der Waals surface area contributed by atoms with E-state index < -0.39 is 8.18 Å². The van der Waals surface area contributed by atoms with E-state index in [4.69, 9.17) is 4.89 Å². The maximum atomic E-state index is 10.8. The summed E-state index contributed by atoms with van der Waals surface area (Å²) in [6, 6.07) is 0. The Bertz CT molecular complexity index is 123. The Hall–Kier alpha value is 0.0200. The first-order valence-electron chi connectivity index (χ1n) is 4.63. The molecule has 13 heavy (non-hydrogen) atoms. The molecule has 0 aromatic rings. The minimum atomic E-state index is -2.10. The van der Waals surface area contributed by atoms with Gasteiger partial charge in [-0.25, -0.2) is 0 Å². The molecule has 0 rings (SSSR count). The van der Waals surface area contributed by atoms with Crippen LogP contribution in [0.25, 0.3) is 0 Å². The van der Waals surface area contributed by atoms with Gasteiger partial charge in [0.15, 0.2) is 0 Å². The molecule has 1 atom stereocenters. The van der Waals surface area contributed by atoms with Gasteiger partial charge in [0.25, 0.3) is 0 Å². The number of unbranched alkanes of at least 4 members (excludes halogenated alkanes) is 2. The molecule has 80 valence electrons. The zero-order valence-corrected chi connectivity index (χ0v) is 8.89. The molecular formula is C9H23NO2P+. The van der Waals surface area contributed by atoms with Gasteiger partial charge in [0.2, 0.25) is 0 Å². The van der Waals surface area contributed by atoms with E-state index in [0.717, 1.165) is 38.8 Å². The van der Waals surface area contributed by atoms with Crippen LogP contribution < -0.4 is 0 Å². The largest absolute Gasteiger partial charge is 0.613 e. The van der Waals surface area contributed by atoms with Crippen molar-refractivity contribution < 1.29 is 9.46 Å². The predicted molar refractivity (Wildman–Crippen MR) is 57.9 cm³/mol. The summed E-state index contributed by atoms with van der Waals surface area (Å²) in [7, 11) is -2.10. The first-order chi connectivity index (χ1) is 5.72. The first kappa shape index (κ1) is 15.5. The van der Waals surface area contributed by atoms with Crippen LogP contribution in [-0.4, -0.2) is 22.7 Å². The van der Waals surface area contributed by atoms with Gasteiger partial charge in [0.05, 0.1) is 0 Å². The van der Waals surface area contributed by atoms with Crippen molar-refractivity contribution in [3.05, 3.63) is 0 Å². The topological polar surface area (TPSA) is 40.5 Å². The van der Waals surface area contributed by atoms with Crippen molar-refractivity contribution in [2.45, 2.75) is 47.0 Å². The zero-order valence-electron chi connectivity index (χ0n) is 7.99. The minimum Gasteiger partial charge on any atom is -0.144 e. The normalized spacial score (nSPS) is 11.2. The molecule has 0 radical (unpaired) electrons. The number of rotatable bonds is 7. The Balaban J connectivity index is 0. The van der Waals surface area contributed by atoms with Crippen LogP contribution in [0.3, 0.4) is 0 Å². The van der Waals surface area contributed by atoms with E-state index in [1.807, 2.05) is 0 Å². The Labute approximate surface area is 83.1 Å². The van der Waals surface area contributed by atoms with Crippen LogP contribution >= 0.6 is 8.18 Å². The molecule has 0 saturated carbocycles. The molecule has 1 unspecified atom stereocenters. The molecule has 3 nitrogen and oxygen atoms in total. The zero-order chi connectivity index (χ0) is 9.40. The highest BCUT2D eigenvalue weighted by atomic mass is 31.1. The lowest BCUT2D eigenvalue weighted by Gasteiger charge is -2.06. The Kier molecular flexibility index (Phi) is 12.0. The molecule has 0 aromatic heterocycles. The molecule has 1 N–H and O–H groups in total. The van der Waals surface area contributed by atoms with Gasteiger partial charge in [0, 0.05) is 13.1 Å². The SMILES string of the molecule is C.CCCCN(CCCC)[P+](=O)O. The summed E-state index contributed by atoms with van der Waals surface area (Å²) in [4.78, 5) is 8.90. The fourth-order valence-electron chi connectivity index (χ4n) is 0.964. The molecule has 0 bridgehead atoms. The summed E-state index contributed by atoms with van der Waals surface area (Å²) in [6.45, 7) is 5.68. The van der Waals surface area contributed by atoms with Gasteiger partial charge in [-0.3, -0.25) is 0 Å². The maximum Gasteiger partial charge on any atom is 0.613 e. The first-order valence-corrected chi connectivity index (χ1v) is 5.79. The Morgan fingerprint density at radius 1 is 1.15 bits per heavy atom. The van der Waals surface area contributed by atoms with E-state index in [1.54, 1.807) is 4.67 Å². The highest BCUT2D eigenvalue weighted by Crippen LogP contribution is 2.22. The van der Waals surface area contributed by atoms with E-state index >= 15 is 0 Å². The van der Waals surface area contributed by atoms with Gasteiger partial charge in [-0.1, -0.05) is 38.8 Å². The molecule has 4 heteroatoms. The lowest BCUT2D eigenvalue weighted by molar-refractivity contribution is 0.357. The van der Waals surface area contributed by atoms with Crippen LogP contribution in [0.4, 0.5) is 0 Å². The third-order valence-electron chi connectivity index (χ3n) is 1.78. The smallest absolute Gasteiger partial charge is 0.144 e. The standard InChI is InChI=1S/C8H18NO2P.CH4/c1-3-5-7-9(12(10)11)8-6-4-2;/h3-8H2,1-2H3;1H4/p+1. The van der Waals surface area contributed by atoms with Crippen LogP contribution in [0.2, 0.25) is 0 Å². The van der Waals surface area contributed by atoms with E-state index in [1.165, 1.54) is 0 Å². The van der Waals surface area contributed by atoms with Crippen molar-refractivity contribution >= 4 is 8.18 Å². The van der Waals surface area contributed by atoms with E-state index in [0.29, 0.717) is 0 Å². The van der Waals surface area contributed by atoms with Crippen LogP contribution in [-0.2, 0) is 4.57 Å². The van der Waals surface area contributed by atoms with Crippen LogP contribution in [0.1, 0.15) is 47.0 Å². The predicted octanol–water partition coefficient (Wildman–Crippen LogP) is 3.17. The highest BCUT2D eigenvalue weighted by molar-refractivity contribution is 7.35. The average Bonchev–Trinajstić information content (AvgIpc) is 2.04. The monoisotopic (exact) mass is 208 g/mol. The lowest BCUT2D eigenvalue weighted by atomic mass is 10.3.